The topological polar surface area (TPSA) is 58.4 Å². The van der Waals surface area contributed by atoms with Crippen molar-refractivity contribution in [2.24, 2.45) is 5.92 Å². The third-order valence-electron chi connectivity index (χ3n) is 4.29. The first kappa shape index (κ1) is 19.5. The van der Waals surface area contributed by atoms with Gasteiger partial charge in [0.2, 0.25) is 5.91 Å². The maximum atomic E-state index is 12.8. The van der Waals surface area contributed by atoms with E-state index in [0.717, 1.165) is 49.3 Å². The highest BCUT2D eigenvalue weighted by Crippen LogP contribution is 2.20. The monoisotopic (exact) mass is 319 g/mol. The molecule has 0 fully saturated rings. The molecular formula is C19H33N3O. The van der Waals surface area contributed by atoms with E-state index in [0.29, 0.717) is 0 Å². The van der Waals surface area contributed by atoms with Gasteiger partial charge in [-0.05, 0) is 49.5 Å². The lowest BCUT2D eigenvalue weighted by atomic mass is 10.0. The van der Waals surface area contributed by atoms with Gasteiger partial charge in [0.1, 0.15) is 0 Å². The van der Waals surface area contributed by atoms with Crippen molar-refractivity contribution in [1.82, 2.24) is 4.90 Å². The first-order chi connectivity index (χ1) is 10.9. The van der Waals surface area contributed by atoms with Crippen molar-refractivity contribution in [2.45, 2.75) is 59.9 Å². The van der Waals surface area contributed by atoms with Crippen LogP contribution in [-0.2, 0) is 11.2 Å². The summed E-state index contributed by atoms with van der Waals surface area (Å²) < 4.78 is 0. The summed E-state index contributed by atoms with van der Waals surface area (Å²) in [6.07, 6.45) is 3.15. The number of amides is 1. The quantitative estimate of drug-likeness (QED) is 0.678. The summed E-state index contributed by atoms with van der Waals surface area (Å²) in [5, 5.41) is 3.05. The van der Waals surface area contributed by atoms with E-state index in [4.69, 9.17) is 5.73 Å². The number of benzene rings is 1. The molecule has 23 heavy (non-hydrogen) atoms. The van der Waals surface area contributed by atoms with Crippen LogP contribution in [0.5, 0.6) is 0 Å². The minimum atomic E-state index is -0.112. The largest absolute Gasteiger partial charge is 0.398 e. The average molecular weight is 319 g/mol. The predicted molar refractivity (Wildman–Crippen MR) is 99.6 cm³/mol. The molecule has 0 aliphatic carbocycles. The number of nitrogens with zero attached hydrogens (tertiary/aromatic N) is 1. The molecule has 0 radical (unpaired) electrons. The third kappa shape index (κ3) is 5.54. The van der Waals surface area contributed by atoms with Gasteiger partial charge in [-0.3, -0.25) is 9.69 Å². The van der Waals surface area contributed by atoms with Crippen LogP contribution in [0.15, 0.2) is 18.2 Å². The fourth-order valence-electron chi connectivity index (χ4n) is 2.96. The van der Waals surface area contributed by atoms with E-state index in [-0.39, 0.29) is 17.9 Å². The molecule has 0 heterocycles. The van der Waals surface area contributed by atoms with Crippen LogP contribution in [0.4, 0.5) is 11.4 Å². The second kappa shape index (κ2) is 9.56. The van der Waals surface area contributed by atoms with Crippen LogP contribution in [-0.4, -0.2) is 29.9 Å². The molecule has 1 rings (SSSR count). The molecule has 1 aromatic rings. The lowest BCUT2D eigenvalue weighted by molar-refractivity contribution is -0.122. The van der Waals surface area contributed by atoms with Crippen LogP contribution in [0.2, 0.25) is 0 Å². The van der Waals surface area contributed by atoms with Gasteiger partial charge in [0.05, 0.1) is 6.04 Å². The number of nitrogen functional groups attached to an aromatic ring is 1. The SMILES string of the molecule is CCCCN(CC)C(C(=O)Nc1ccc(CC)c(N)c1)C(C)C. The summed E-state index contributed by atoms with van der Waals surface area (Å²) in [5.74, 6) is 0.320. The smallest absolute Gasteiger partial charge is 0.241 e. The maximum Gasteiger partial charge on any atom is 0.241 e. The zero-order valence-corrected chi connectivity index (χ0v) is 15.4. The van der Waals surface area contributed by atoms with E-state index in [1.165, 1.54) is 0 Å². The Morgan fingerprint density at radius 1 is 1.26 bits per heavy atom. The van der Waals surface area contributed by atoms with Crippen LogP contribution >= 0.6 is 0 Å². The number of carbonyl (C=O) groups excluding carboxylic acids is 1. The van der Waals surface area contributed by atoms with Gasteiger partial charge in [-0.1, -0.05) is 47.1 Å². The van der Waals surface area contributed by atoms with Crippen molar-refractivity contribution in [3.8, 4) is 0 Å². The van der Waals surface area contributed by atoms with Gasteiger partial charge in [0.15, 0.2) is 0 Å². The Morgan fingerprint density at radius 2 is 1.96 bits per heavy atom. The standard InChI is InChI=1S/C19H33N3O/c1-6-9-12-22(8-3)18(14(4)5)19(23)21-16-11-10-15(7-2)17(20)13-16/h10-11,13-14,18H,6-9,12,20H2,1-5H3,(H,21,23). The first-order valence-electron chi connectivity index (χ1n) is 8.87. The molecule has 0 saturated heterocycles. The Labute approximate surface area is 141 Å². The fourth-order valence-corrected chi connectivity index (χ4v) is 2.96. The van der Waals surface area contributed by atoms with Gasteiger partial charge >= 0.3 is 0 Å². The Hall–Kier alpha value is -1.55. The molecule has 1 amide bonds. The van der Waals surface area contributed by atoms with Crippen molar-refractivity contribution < 1.29 is 4.79 Å². The number of hydrogen-bond donors (Lipinski definition) is 2. The van der Waals surface area contributed by atoms with Crippen LogP contribution in [0.1, 0.15) is 53.0 Å². The average Bonchev–Trinajstić information content (AvgIpc) is 2.50. The van der Waals surface area contributed by atoms with Crippen LogP contribution < -0.4 is 11.1 Å². The lowest BCUT2D eigenvalue weighted by Crippen LogP contribution is -2.47. The molecule has 1 atom stereocenters. The van der Waals surface area contributed by atoms with Crippen molar-refractivity contribution in [2.75, 3.05) is 24.1 Å². The third-order valence-corrected chi connectivity index (χ3v) is 4.29. The van der Waals surface area contributed by atoms with Gasteiger partial charge in [0, 0.05) is 11.4 Å². The molecule has 1 aromatic carbocycles. The van der Waals surface area contributed by atoms with Crippen molar-refractivity contribution >= 4 is 17.3 Å². The Bertz CT molecular complexity index is 499. The van der Waals surface area contributed by atoms with E-state index in [2.05, 4.69) is 44.8 Å². The van der Waals surface area contributed by atoms with E-state index < -0.39 is 0 Å². The van der Waals surface area contributed by atoms with Crippen molar-refractivity contribution in [3.05, 3.63) is 23.8 Å². The summed E-state index contributed by atoms with van der Waals surface area (Å²) in [7, 11) is 0. The molecule has 4 heteroatoms. The number of aryl methyl sites for hydroxylation is 1. The lowest BCUT2D eigenvalue weighted by Gasteiger charge is -2.32. The zero-order valence-electron chi connectivity index (χ0n) is 15.4. The molecule has 130 valence electrons. The molecular weight excluding hydrogens is 286 g/mol. The number of nitrogens with one attached hydrogen (secondary N) is 1. The molecule has 0 saturated carbocycles. The number of unbranched alkanes of at least 4 members (excludes halogenated alkanes) is 1. The van der Waals surface area contributed by atoms with Crippen LogP contribution in [0.25, 0.3) is 0 Å². The number of carbonyl (C=O) groups is 1. The van der Waals surface area contributed by atoms with Crippen molar-refractivity contribution in [1.29, 1.82) is 0 Å². The normalized spacial score (nSPS) is 12.7. The highest BCUT2D eigenvalue weighted by atomic mass is 16.2. The van der Waals surface area contributed by atoms with Crippen LogP contribution in [0.3, 0.4) is 0 Å². The Kier molecular flexibility index (Phi) is 8.10. The zero-order chi connectivity index (χ0) is 17.4. The number of hydrogen-bond acceptors (Lipinski definition) is 3. The molecule has 0 aliphatic rings. The second-order valence-corrected chi connectivity index (χ2v) is 6.43. The fraction of sp³-hybridized carbons (Fsp3) is 0.632. The first-order valence-corrected chi connectivity index (χ1v) is 8.87. The number of anilines is 2. The molecule has 0 spiro atoms. The summed E-state index contributed by atoms with van der Waals surface area (Å²) >= 11 is 0. The van der Waals surface area contributed by atoms with Gasteiger partial charge in [0.25, 0.3) is 0 Å². The number of nitrogens with two attached hydrogens (primary N) is 1. The summed E-state index contributed by atoms with van der Waals surface area (Å²) in [6.45, 7) is 12.4. The molecule has 1 unspecified atom stereocenters. The van der Waals surface area contributed by atoms with E-state index in [1.807, 2.05) is 18.2 Å². The van der Waals surface area contributed by atoms with Gasteiger partial charge in [-0.25, -0.2) is 0 Å². The Balaban J connectivity index is 2.87. The molecule has 3 N–H and O–H groups in total. The minimum absolute atomic E-state index is 0.0570. The minimum Gasteiger partial charge on any atom is -0.398 e. The summed E-state index contributed by atoms with van der Waals surface area (Å²) in [6, 6.07) is 5.67. The van der Waals surface area contributed by atoms with Crippen molar-refractivity contribution in [3.63, 3.8) is 0 Å². The number of rotatable bonds is 9. The van der Waals surface area contributed by atoms with Crippen LogP contribution in [0, 0.1) is 5.92 Å². The molecule has 0 bridgehead atoms. The van der Waals surface area contributed by atoms with Gasteiger partial charge in [-0.15, -0.1) is 0 Å². The van der Waals surface area contributed by atoms with E-state index in [9.17, 15) is 4.79 Å². The predicted octanol–water partition coefficient (Wildman–Crippen LogP) is 3.92. The van der Waals surface area contributed by atoms with Gasteiger partial charge in [-0.2, -0.15) is 0 Å². The van der Waals surface area contributed by atoms with E-state index >= 15 is 0 Å². The van der Waals surface area contributed by atoms with Gasteiger partial charge < -0.3 is 11.1 Å². The maximum absolute atomic E-state index is 12.8. The highest BCUT2D eigenvalue weighted by Gasteiger charge is 2.27. The highest BCUT2D eigenvalue weighted by molar-refractivity contribution is 5.95. The molecule has 0 aromatic heterocycles. The summed E-state index contributed by atoms with van der Waals surface area (Å²) in [4.78, 5) is 15.1. The second-order valence-electron chi connectivity index (χ2n) is 6.43. The number of likely N-dealkylation sites (N-methyl/N-ethyl adjacent to an activating group) is 1. The molecule has 4 nitrogen and oxygen atoms in total. The Morgan fingerprint density at radius 3 is 2.43 bits per heavy atom. The molecule has 0 aliphatic heterocycles. The van der Waals surface area contributed by atoms with E-state index in [1.54, 1.807) is 0 Å². The summed E-state index contributed by atoms with van der Waals surface area (Å²) in [5.41, 5.74) is 8.67.